The maximum Gasteiger partial charge on any atom is 0.0991 e. The Kier molecular flexibility index (Phi) is 6.98. The molecular formula is C38H29N3. The Morgan fingerprint density at radius 1 is 0.659 bits per heavy atom. The van der Waals surface area contributed by atoms with Gasteiger partial charge in [-0.15, -0.1) is 0 Å². The molecule has 3 nitrogen and oxygen atoms in total. The SMILES string of the molecule is C/C(=N\c1ccccc1C)c1ccc(-c2ccc(-c3ccc4ccccc4n3)cc2)cc1-c1ccc(C#N)cc1C. The van der Waals surface area contributed by atoms with Crippen molar-refractivity contribution in [2.45, 2.75) is 20.8 Å². The number of aryl methyl sites for hydroxylation is 2. The molecule has 0 aliphatic carbocycles. The second kappa shape index (κ2) is 11.0. The lowest BCUT2D eigenvalue weighted by molar-refractivity contribution is 1.38. The molecule has 1 aromatic heterocycles. The van der Waals surface area contributed by atoms with E-state index in [0.717, 1.165) is 72.5 Å². The Balaban J connectivity index is 1.42. The molecule has 0 atom stereocenters. The number of aromatic nitrogens is 1. The van der Waals surface area contributed by atoms with Crippen molar-refractivity contribution in [1.82, 2.24) is 4.98 Å². The van der Waals surface area contributed by atoms with Crippen molar-refractivity contribution in [2.24, 2.45) is 4.99 Å². The minimum absolute atomic E-state index is 0.659. The van der Waals surface area contributed by atoms with E-state index in [0.29, 0.717) is 5.56 Å². The van der Waals surface area contributed by atoms with Crippen LogP contribution in [0.2, 0.25) is 0 Å². The number of rotatable bonds is 5. The van der Waals surface area contributed by atoms with Crippen LogP contribution in [-0.2, 0) is 0 Å². The van der Waals surface area contributed by atoms with Crippen LogP contribution in [-0.4, -0.2) is 10.7 Å². The molecule has 0 aliphatic rings. The highest BCUT2D eigenvalue weighted by atomic mass is 14.7. The largest absolute Gasteiger partial charge is 0.253 e. The van der Waals surface area contributed by atoms with Gasteiger partial charge in [0.15, 0.2) is 0 Å². The van der Waals surface area contributed by atoms with Crippen molar-refractivity contribution >= 4 is 22.3 Å². The summed E-state index contributed by atoms with van der Waals surface area (Å²) in [5, 5.41) is 10.6. The van der Waals surface area contributed by atoms with Gasteiger partial charge in [0.05, 0.1) is 28.5 Å². The van der Waals surface area contributed by atoms with Gasteiger partial charge in [-0.3, -0.25) is 4.99 Å². The van der Waals surface area contributed by atoms with E-state index in [4.69, 9.17) is 9.98 Å². The standard InChI is InChI=1S/C38H29N3/c1-25-8-4-6-10-36(25)40-27(3)34-20-17-32(23-35(34)33-19-12-28(24-39)22-26(33)2)29-13-15-31(16-14-29)38-21-18-30-9-5-7-11-37(30)41-38/h4-23H,1-3H3/b40-27+. The van der Waals surface area contributed by atoms with Gasteiger partial charge >= 0.3 is 0 Å². The third-order valence-electron chi connectivity index (χ3n) is 7.57. The van der Waals surface area contributed by atoms with Gasteiger partial charge in [-0.2, -0.15) is 5.26 Å². The first kappa shape index (κ1) is 25.9. The number of hydrogen-bond donors (Lipinski definition) is 0. The van der Waals surface area contributed by atoms with E-state index in [-0.39, 0.29) is 0 Å². The zero-order valence-corrected chi connectivity index (χ0v) is 23.4. The van der Waals surface area contributed by atoms with Gasteiger partial charge in [0.2, 0.25) is 0 Å². The summed E-state index contributed by atoms with van der Waals surface area (Å²) < 4.78 is 0. The van der Waals surface area contributed by atoms with Crippen molar-refractivity contribution in [3.63, 3.8) is 0 Å². The lowest BCUT2D eigenvalue weighted by Gasteiger charge is -2.15. The van der Waals surface area contributed by atoms with Gasteiger partial charge in [0.1, 0.15) is 0 Å². The molecule has 0 fully saturated rings. The van der Waals surface area contributed by atoms with Gasteiger partial charge in [-0.25, -0.2) is 4.98 Å². The van der Waals surface area contributed by atoms with Crippen LogP contribution < -0.4 is 0 Å². The molecule has 5 aromatic carbocycles. The molecule has 0 amide bonds. The molecule has 3 heteroatoms. The molecule has 0 bridgehead atoms. The first-order valence-electron chi connectivity index (χ1n) is 13.7. The summed E-state index contributed by atoms with van der Waals surface area (Å²) >= 11 is 0. The van der Waals surface area contributed by atoms with Crippen LogP contribution in [0.5, 0.6) is 0 Å². The number of fused-ring (bicyclic) bond motifs is 1. The molecule has 0 N–H and O–H groups in total. The lowest BCUT2D eigenvalue weighted by Crippen LogP contribution is -2.00. The Labute approximate surface area is 241 Å². The highest BCUT2D eigenvalue weighted by Gasteiger charge is 2.14. The average molecular weight is 528 g/mol. The summed E-state index contributed by atoms with van der Waals surface area (Å²) in [6.45, 7) is 6.21. The Morgan fingerprint density at radius 3 is 2.17 bits per heavy atom. The zero-order valence-electron chi connectivity index (χ0n) is 23.4. The summed E-state index contributed by atoms with van der Waals surface area (Å²) in [6.07, 6.45) is 0. The van der Waals surface area contributed by atoms with Gasteiger partial charge in [-0.05, 0) is 90.6 Å². The van der Waals surface area contributed by atoms with Crippen molar-refractivity contribution in [3.8, 4) is 39.6 Å². The molecule has 1 heterocycles. The Morgan fingerprint density at radius 2 is 1.39 bits per heavy atom. The maximum absolute atomic E-state index is 9.43. The number of nitrogens with zero attached hydrogens (tertiary/aromatic N) is 3. The zero-order chi connectivity index (χ0) is 28.3. The van der Waals surface area contributed by atoms with Gasteiger partial charge < -0.3 is 0 Å². The van der Waals surface area contributed by atoms with Crippen molar-refractivity contribution in [2.75, 3.05) is 0 Å². The molecule has 0 saturated carbocycles. The van der Waals surface area contributed by atoms with Crippen LogP contribution in [0.15, 0.2) is 126 Å². The second-order valence-electron chi connectivity index (χ2n) is 10.4. The molecule has 6 aromatic rings. The normalized spacial score (nSPS) is 11.4. The number of pyridine rings is 1. The molecule has 0 saturated heterocycles. The van der Waals surface area contributed by atoms with Gasteiger partial charge in [-0.1, -0.05) is 84.9 Å². The molecular weight excluding hydrogens is 498 g/mol. The minimum atomic E-state index is 0.659. The lowest BCUT2D eigenvalue weighted by atomic mass is 9.90. The molecule has 196 valence electrons. The van der Waals surface area contributed by atoms with E-state index in [1.807, 2.05) is 54.6 Å². The van der Waals surface area contributed by atoms with Crippen LogP contribution in [0.25, 0.3) is 44.4 Å². The maximum atomic E-state index is 9.43. The van der Waals surface area contributed by atoms with Crippen LogP contribution in [0.3, 0.4) is 0 Å². The molecule has 0 radical (unpaired) electrons. The summed E-state index contributed by atoms with van der Waals surface area (Å²) in [5.74, 6) is 0. The number of hydrogen-bond acceptors (Lipinski definition) is 3. The summed E-state index contributed by atoms with van der Waals surface area (Å²) in [6, 6.07) is 43.9. The van der Waals surface area contributed by atoms with Crippen molar-refractivity contribution in [3.05, 3.63) is 144 Å². The molecule has 41 heavy (non-hydrogen) atoms. The van der Waals surface area contributed by atoms with E-state index in [9.17, 15) is 5.26 Å². The highest BCUT2D eigenvalue weighted by molar-refractivity contribution is 6.06. The van der Waals surface area contributed by atoms with Gasteiger partial charge in [0.25, 0.3) is 0 Å². The quantitative estimate of drug-likeness (QED) is 0.209. The Bertz CT molecular complexity index is 1970. The van der Waals surface area contributed by atoms with Crippen LogP contribution in [0.1, 0.15) is 29.2 Å². The molecule has 0 unspecified atom stereocenters. The summed E-state index contributed by atoms with van der Waals surface area (Å²) in [5.41, 5.74) is 13.3. The monoisotopic (exact) mass is 527 g/mol. The smallest absolute Gasteiger partial charge is 0.0991 e. The fourth-order valence-corrected chi connectivity index (χ4v) is 5.29. The number of nitriles is 1. The van der Waals surface area contributed by atoms with Gasteiger partial charge in [0, 0.05) is 22.2 Å². The van der Waals surface area contributed by atoms with E-state index in [1.165, 1.54) is 0 Å². The molecule has 0 spiro atoms. The number of aliphatic imine (C=N–C) groups is 1. The van der Waals surface area contributed by atoms with Crippen molar-refractivity contribution in [1.29, 1.82) is 5.26 Å². The minimum Gasteiger partial charge on any atom is -0.253 e. The van der Waals surface area contributed by atoms with Crippen LogP contribution in [0.4, 0.5) is 5.69 Å². The number of benzene rings is 5. The topological polar surface area (TPSA) is 49.0 Å². The highest BCUT2D eigenvalue weighted by Crippen LogP contribution is 2.34. The van der Waals surface area contributed by atoms with Crippen molar-refractivity contribution < 1.29 is 0 Å². The Hall–Kier alpha value is -5.33. The van der Waals surface area contributed by atoms with E-state index < -0.39 is 0 Å². The van der Waals surface area contributed by atoms with E-state index in [2.05, 4.69) is 93.6 Å². The van der Waals surface area contributed by atoms with E-state index in [1.54, 1.807) is 0 Å². The first-order chi connectivity index (χ1) is 20.0. The predicted octanol–water partition coefficient (Wildman–Crippen LogP) is 9.87. The van der Waals surface area contributed by atoms with Crippen LogP contribution in [0, 0.1) is 25.2 Å². The molecule has 0 aliphatic heterocycles. The van der Waals surface area contributed by atoms with Crippen LogP contribution >= 0.6 is 0 Å². The average Bonchev–Trinajstić information content (AvgIpc) is 3.01. The molecule has 6 rings (SSSR count). The third kappa shape index (κ3) is 5.29. The number of para-hydroxylation sites is 2. The third-order valence-corrected chi connectivity index (χ3v) is 7.57. The summed E-state index contributed by atoms with van der Waals surface area (Å²) in [4.78, 5) is 9.87. The fourth-order valence-electron chi connectivity index (χ4n) is 5.29. The summed E-state index contributed by atoms with van der Waals surface area (Å²) in [7, 11) is 0. The first-order valence-corrected chi connectivity index (χ1v) is 13.7. The fraction of sp³-hybridized carbons (Fsp3) is 0.0789. The predicted molar refractivity (Wildman–Crippen MR) is 171 cm³/mol. The second-order valence-corrected chi connectivity index (χ2v) is 10.4. The van der Waals surface area contributed by atoms with E-state index >= 15 is 0 Å².